The normalized spacial score (nSPS) is 18.8. The molecule has 1 aliphatic rings. The predicted molar refractivity (Wildman–Crippen MR) is 59.6 cm³/mol. The maximum absolute atomic E-state index is 11.2. The lowest BCUT2D eigenvalue weighted by Gasteiger charge is -2.00. The van der Waals surface area contributed by atoms with Crippen LogP contribution < -0.4 is 5.32 Å². The maximum atomic E-state index is 11.2. The van der Waals surface area contributed by atoms with Crippen molar-refractivity contribution in [2.45, 2.75) is 0 Å². The number of rotatable bonds is 3. The molecule has 2 N–H and O–H groups in total. The van der Waals surface area contributed by atoms with Crippen molar-refractivity contribution in [3.8, 4) is 0 Å². The van der Waals surface area contributed by atoms with Gasteiger partial charge >= 0.3 is 0 Å². The summed E-state index contributed by atoms with van der Waals surface area (Å²) in [6.07, 6.45) is 1.83. The van der Waals surface area contributed by atoms with Crippen molar-refractivity contribution in [2.75, 3.05) is 18.1 Å². The molecule has 0 aromatic heterocycles. The number of hydrogen-bond donors (Lipinski definition) is 1. The molecule has 0 atom stereocenters. The third kappa shape index (κ3) is 2.91. The fourth-order valence-corrected chi connectivity index (χ4v) is 3.03. The minimum atomic E-state index is -2.81. The largest absolute Gasteiger partial charge is 0.310 e. The highest BCUT2D eigenvalue weighted by Crippen LogP contribution is 2.09. The van der Waals surface area contributed by atoms with E-state index in [0.29, 0.717) is 0 Å². The van der Waals surface area contributed by atoms with E-state index in [0.717, 1.165) is 17.8 Å². The fourth-order valence-electron chi connectivity index (χ4n) is 1.63. The van der Waals surface area contributed by atoms with Gasteiger partial charge in [0.05, 0.1) is 11.5 Å². The molecule has 1 aromatic rings. The zero-order valence-corrected chi connectivity index (χ0v) is 9.20. The monoisotopic (exact) mass is 224 g/mol. The van der Waals surface area contributed by atoms with E-state index in [4.69, 9.17) is 0 Å². The summed E-state index contributed by atoms with van der Waals surface area (Å²) in [5, 5.41) is 2.06. The fraction of sp³-hybridized carbons (Fsp3) is 0.273. The topological polar surface area (TPSA) is 50.8 Å². The van der Waals surface area contributed by atoms with Gasteiger partial charge in [0.25, 0.3) is 0 Å². The second kappa shape index (κ2) is 4.16. The first-order valence-corrected chi connectivity index (χ1v) is 6.74. The van der Waals surface area contributed by atoms with Gasteiger partial charge in [-0.1, -0.05) is 24.3 Å². The number of nitrogens with two attached hydrogens (primary N) is 1. The van der Waals surface area contributed by atoms with Crippen molar-refractivity contribution in [1.29, 1.82) is 0 Å². The van der Waals surface area contributed by atoms with Gasteiger partial charge in [-0.05, 0) is 17.7 Å². The van der Waals surface area contributed by atoms with Gasteiger partial charge in [-0.15, -0.1) is 0 Å². The Labute approximate surface area is 89.7 Å². The van der Waals surface area contributed by atoms with Gasteiger partial charge in [0.1, 0.15) is 12.2 Å². The van der Waals surface area contributed by atoms with Crippen molar-refractivity contribution in [1.82, 2.24) is 0 Å². The lowest BCUT2D eigenvalue weighted by Crippen LogP contribution is -2.78. The lowest BCUT2D eigenvalue weighted by molar-refractivity contribution is -0.563. The molecule has 1 heterocycles. The summed E-state index contributed by atoms with van der Waals surface area (Å²) < 4.78 is 22.4. The van der Waals surface area contributed by atoms with E-state index in [9.17, 15) is 8.42 Å². The third-order valence-corrected chi connectivity index (χ3v) is 3.92. The molecule has 0 fully saturated rings. The molecule has 0 saturated heterocycles. The van der Waals surface area contributed by atoms with Crippen LogP contribution in [0.2, 0.25) is 0 Å². The minimum absolute atomic E-state index is 0.213. The summed E-state index contributed by atoms with van der Waals surface area (Å²) in [4.78, 5) is 0. The van der Waals surface area contributed by atoms with E-state index in [2.05, 4.69) is 5.32 Å². The molecule has 15 heavy (non-hydrogen) atoms. The number of sulfone groups is 1. The Kier molecular flexibility index (Phi) is 2.88. The molecular weight excluding hydrogens is 210 g/mol. The molecule has 1 aromatic carbocycles. The molecule has 2 rings (SSSR count). The lowest BCUT2D eigenvalue weighted by atomic mass is 10.2. The standard InChI is InChI=1S/C11H13NO2S/c13-15(14)7-6-10(9-15)8-12-11-4-2-1-3-5-11/h1-6,12H,7-9H2/p+1. The Morgan fingerprint density at radius 1 is 1.20 bits per heavy atom. The van der Waals surface area contributed by atoms with Gasteiger partial charge in [0, 0.05) is 0 Å². The molecule has 80 valence electrons. The van der Waals surface area contributed by atoms with Crippen molar-refractivity contribution in [3.63, 3.8) is 0 Å². The summed E-state index contributed by atoms with van der Waals surface area (Å²) in [6.45, 7) is 0.739. The van der Waals surface area contributed by atoms with Crippen LogP contribution >= 0.6 is 0 Å². The van der Waals surface area contributed by atoms with Crippen molar-refractivity contribution >= 4 is 15.5 Å². The van der Waals surface area contributed by atoms with E-state index in [-0.39, 0.29) is 11.5 Å². The zero-order chi connectivity index (χ0) is 10.7. The number of benzene rings is 1. The van der Waals surface area contributed by atoms with Crippen LogP contribution in [0.15, 0.2) is 42.0 Å². The number of para-hydroxylation sites is 1. The van der Waals surface area contributed by atoms with Gasteiger partial charge in [-0.25, -0.2) is 8.42 Å². The van der Waals surface area contributed by atoms with Crippen LogP contribution in [-0.2, 0) is 9.84 Å². The van der Waals surface area contributed by atoms with Crippen LogP contribution in [0.3, 0.4) is 0 Å². The summed E-state index contributed by atoms with van der Waals surface area (Å²) in [7, 11) is -2.81. The van der Waals surface area contributed by atoms with E-state index in [1.54, 1.807) is 0 Å². The van der Waals surface area contributed by atoms with Crippen molar-refractivity contribution in [2.24, 2.45) is 0 Å². The van der Waals surface area contributed by atoms with E-state index in [1.807, 2.05) is 36.4 Å². The second-order valence-corrected chi connectivity index (χ2v) is 5.85. The first kappa shape index (κ1) is 10.4. The smallest absolute Gasteiger partial charge is 0.157 e. The molecule has 0 bridgehead atoms. The van der Waals surface area contributed by atoms with Gasteiger partial charge in [-0.2, -0.15) is 0 Å². The maximum Gasteiger partial charge on any atom is 0.157 e. The molecule has 0 unspecified atom stereocenters. The average molecular weight is 224 g/mol. The van der Waals surface area contributed by atoms with Gasteiger partial charge in [0.2, 0.25) is 0 Å². The van der Waals surface area contributed by atoms with Crippen LogP contribution in [0.5, 0.6) is 0 Å². The van der Waals surface area contributed by atoms with Crippen LogP contribution in [0.25, 0.3) is 0 Å². The summed E-state index contributed by atoms with van der Waals surface area (Å²) in [5.41, 5.74) is 2.15. The Morgan fingerprint density at radius 2 is 1.93 bits per heavy atom. The Hall–Kier alpha value is -1.13. The molecule has 1 aliphatic heterocycles. The van der Waals surface area contributed by atoms with Crippen LogP contribution in [0.4, 0.5) is 5.69 Å². The average Bonchev–Trinajstić information content (AvgIpc) is 2.57. The van der Waals surface area contributed by atoms with E-state index >= 15 is 0 Å². The van der Waals surface area contributed by atoms with Crippen LogP contribution in [0, 0.1) is 0 Å². The highest BCUT2D eigenvalue weighted by Gasteiger charge is 2.20. The molecule has 4 heteroatoms. The van der Waals surface area contributed by atoms with Crippen molar-refractivity contribution < 1.29 is 13.7 Å². The molecular formula is C11H14NO2S+. The van der Waals surface area contributed by atoms with Crippen LogP contribution in [0.1, 0.15) is 0 Å². The zero-order valence-electron chi connectivity index (χ0n) is 8.39. The molecule has 0 aliphatic carbocycles. The number of hydrogen-bond acceptors (Lipinski definition) is 2. The SMILES string of the molecule is O=S1(=O)CC=C(C[NH2+]c2ccccc2)C1. The third-order valence-electron chi connectivity index (χ3n) is 2.43. The molecule has 0 spiro atoms. The number of quaternary nitrogens is 1. The van der Waals surface area contributed by atoms with Gasteiger partial charge < -0.3 is 5.32 Å². The Bertz CT molecular complexity index is 463. The van der Waals surface area contributed by atoms with Crippen molar-refractivity contribution in [3.05, 3.63) is 42.0 Å². The Morgan fingerprint density at radius 3 is 2.53 bits per heavy atom. The predicted octanol–water partition coefficient (Wildman–Crippen LogP) is 0.236. The molecule has 3 nitrogen and oxygen atoms in total. The molecule has 0 radical (unpaired) electrons. The van der Waals surface area contributed by atoms with Crippen LogP contribution in [-0.4, -0.2) is 26.5 Å². The summed E-state index contributed by atoms with van der Waals surface area (Å²) in [5.74, 6) is 0.446. The van der Waals surface area contributed by atoms with E-state index < -0.39 is 9.84 Å². The molecule has 0 saturated carbocycles. The summed E-state index contributed by atoms with van der Waals surface area (Å²) in [6, 6.07) is 9.96. The molecule has 0 amide bonds. The first-order chi connectivity index (χ1) is 7.16. The van der Waals surface area contributed by atoms with E-state index in [1.165, 1.54) is 0 Å². The van der Waals surface area contributed by atoms with Gasteiger partial charge in [0.15, 0.2) is 9.84 Å². The van der Waals surface area contributed by atoms with Gasteiger partial charge in [-0.3, -0.25) is 0 Å². The minimum Gasteiger partial charge on any atom is -0.310 e. The highest BCUT2D eigenvalue weighted by atomic mass is 32.2. The quantitative estimate of drug-likeness (QED) is 0.590. The summed E-state index contributed by atoms with van der Waals surface area (Å²) >= 11 is 0. The first-order valence-electron chi connectivity index (χ1n) is 4.92. The highest BCUT2D eigenvalue weighted by molar-refractivity contribution is 7.92. The Balaban J connectivity index is 1.91. The second-order valence-electron chi connectivity index (χ2n) is 3.74.